The second-order valence-electron chi connectivity index (χ2n) is 6.83. The van der Waals surface area contributed by atoms with Gasteiger partial charge in [0, 0.05) is 31.0 Å². The van der Waals surface area contributed by atoms with Gasteiger partial charge in [-0.25, -0.2) is 4.98 Å². The number of pyridine rings is 1. The molecule has 1 aromatic carbocycles. The van der Waals surface area contributed by atoms with Crippen molar-refractivity contribution in [1.82, 2.24) is 14.3 Å². The highest BCUT2D eigenvalue weighted by molar-refractivity contribution is 5.66. The third-order valence-electron chi connectivity index (χ3n) is 5.22. The lowest BCUT2D eigenvalue weighted by atomic mass is 10.1. The van der Waals surface area contributed by atoms with Gasteiger partial charge in [-0.3, -0.25) is 4.90 Å². The molecule has 1 aliphatic rings. The molecule has 4 heteroatoms. The molecule has 2 aromatic heterocycles. The molecular formula is C21H25N3O. The van der Waals surface area contributed by atoms with Crippen molar-refractivity contribution in [3.63, 3.8) is 0 Å². The van der Waals surface area contributed by atoms with Crippen molar-refractivity contribution in [3.05, 3.63) is 60.4 Å². The van der Waals surface area contributed by atoms with Gasteiger partial charge in [-0.2, -0.15) is 0 Å². The number of rotatable bonds is 6. The summed E-state index contributed by atoms with van der Waals surface area (Å²) in [6, 6.07) is 17.2. The molecule has 0 saturated carbocycles. The number of aliphatic hydroxyl groups is 1. The summed E-state index contributed by atoms with van der Waals surface area (Å²) in [6.07, 6.45) is 6.56. The Kier molecular flexibility index (Phi) is 4.81. The normalized spacial score (nSPS) is 18.2. The van der Waals surface area contributed by atoms with Gasteiger partial charge in [0.15, 0.2) is 0 Å². The van der Waals surface area contributed by atoms with Crippen LogP contribution in [0.15, 0.2) is 54.7 Å². The fraction of sp³-hybridized carbons (Fsp3) is 0.381. The van der Waals surface area contributed by atoms with Crippen molar-refractivity contribution in [2.75, 3.05) is 13.2 Å². The van der Waals surface area contributed by atoms with Gasteiger partial charge in [-0.15, -0.1) is 0 Å². The van der Waals surface area contributed by atoms with E-state index in [0.717, 1.165) is 37.3 Å². The molecular weight excluding hydrogens is 310 g/mol. The van der Waals surface area contributed by atoms with Gasteiger partial charge in [-0.1, -0.05) is 36.4 Å². The summed E-state index contributed by atoms with van der Waals surface area (Å²) in [5.74, 6) is 0. The summed E-state index contributed by atoms with van der Waals surface area (Å²) in [5.41, 5.74) is 4.52. The zero-order chi connectivity index (χ0) is 17.1. The number of imidazole rings is 1. The predicted octanol–water partition coefficient (Wildman–Crippen LogP) is 3.74. The van der Waals surface area contributed by atoms with Crippen LogP contribution in [0.25, 0.3) is 16.9 Å². The van der Waals surface area contributed by atoms with E-state index in [1.165, 1.54) is 24.1 Å². The van der Waals surface area contributed by atoms with Crippen molar-refractivity contribution in [2.24, 2.45) is 0 Å². The van der Waals surface area contributed by atoms with Crippen LogP contribution in [0.4, 0.5) is 0 Å². The number of aromatic nitrogens is 2. The molecule has 0 spiro atoms. The van der Waals surface area contributed by atoms with E-state index in [1.54, 1.807) is 0 Å². The highest BCUT2D eigenvalue weighted by Crippen LogP contribution is 2.29. The minimum Gasteiger partial charge on any atom is -0.396 e. The number of nitrogens with zero attached hydrogens (tertiary/aromatic N) is 3. The fourth-order valence-electron chi connectivity index (χ4n) is 3.97. The van der Waals surface area contributed by atoms with Crippen LogP contribution in [0.1, 0.15) is 31.4 Å². The standard InChI is InChI=1S/C21H25N3O/c25-15-7-11-18-10-6-13-23(18)16-19-21(17-8-2-1-3-9-17)22-20-12-4-5-14-24(19)20/h1-5,8-9,12,14,18,25H,6-7,10-11,13,15-16H2. The van der Waals surface area contributed by atoms with Crippen LogP contribution in [0.5, 0.6) is 0 Å². The number of likely N-dealkylation sites (tertiary alicyclic amines) is 1. The summed E-state index contributed by atoms with van der Waals surface area (Å²) >= 11 is 0. The molecule has 1 aliphatic heterocycles. The number of benzene rings is 1. The summed E-state index contributed by atoms with van der Waals surface area (Å²) in [7, 11) is 0. The first-order valence-corrected chi connectivity index (χ1v) is 9.23. The maximum atomic E-state index is 9.17. The Bertz CT molecular complexity index is 828. The fourth-order valence-corrected chi connectivity index (χ4v) is 3.97. The minimum absolute atomic E-state index is 0.287. The Morgan fingerprint density at radius 3 is 2.76 bits per heavy atom. The first kappa shape index (κ1) is 16.3. The van der Waals surface area contributed by atoms with Crippen molar-refractivity contribution in [3.8, 4) is 11.3 Å². The van der Waals surface area contributed by atoms with Crippen LogP contribution in [0.2, 0.25) is 0 Å². The van der Waals surface area contributed by atoms with Gasteiger partial charge >= 0.3 is 0 Å². The lowest BCUT2D eigenvalue weighted by Gasteiger charge is -2.24. The summed E-state index contributed by atoms with van der Waals surface area (Å²) < 4.78 is 2.23. The third-order valence-corrected chi connectivity index (χ3v) is 5.22. The highest BCUT2D eigenvalue weighted by Gasteiger charge is 2.26. The first-order valence-electron chi connectivity index (χ1n) is 9.23. The predicted molar refractivity (Wildman–Crippen MR) is 100 cm³/mol. The van der Waals surface area contributed by atoms with Crippen LogP contribution < -0.4 is 0 Å². The quantitative estimate of drug-likeness (QED) is 0.746. The summed E-state index contributed by atoms with van der Waals surface area (Å²) in [5, 5.41) is 9.17. The maximum absolute atomic E-state index is 9.17. The van der Waals surface area contributed by atoms with Crippen molar-refractivity contribution >= 4 is 5.65 Å². The molecule has 0 bridgehead atoms. The topological polar surface area (TPSA) is 40.8 Å². The second kappa shape index (κ2) is 7.38. The molecule has 1 fully saturated rings. The molecule has 1 saturated heterocycles. The average molecular weight is 335 g/mol. The molecule has 3 heterocycles. The zero-order valence-electron chi connectivity index (χ0n) is 14.5. The Hall–Kier alpha value is -2.17. The largest absolute Gasteiger partial charge is 0.396 e. The number of hydrogen-bond acceptors (Lipinski definition) is 3. The lowest BCUT2D eigenvalue weighted by Crippen LogP contribution is -2.29. The van der Waals surface area contributed by atoms with E-state index in [9.17, 15) is 5.11 Å². The van der Waals surface area contributed by atoms with Gasteiger partial charge in [0.1, 0.15) is 5.65 Å². The number of fused-ring (bicyclic) bond motifs is 1. The van der Waals surface area contributed by atoms with Gasteiger partial charge in [0.25, 0.3) is 0 Å². The van der Waals surface area contributed by atoms with E-state index in [4.69, 9.17) is 4.98 Å². The summed E-state index contributed by atoms with van der Waals surface area (Å²) in [6.45, 7) is 2.32. The van der Waals surface area contributed by atoms with Crippen LogP contribution >= 0.6 is 0 Å². The van der Waals surface area contributed by atoms with E-state index >= 15 is 0 Å². The maximum Gasteiger partial charge on any atom is 0.137 e. The van der Waals surface area contributed by atoms with Crippen LogP contribution in [0, 0.1) is 0 Å². The Morgan fingerprint density at radius 1 is 1.08 bits per heavy atom. The molecule has 0 aliphatic carbocycles. The monoisotopic (exact) mass is 335 g/mol. The van der Waals surface area contributed by atoms with Crippen LogP contribution in [0.3, 0.4) is 0 Å². The molecule has 1 N–H and O–H groups in total. The van der Waals surface area contributed by atoms with E-state index in [1.807, 2.05) is 12.1 Å². The molecule has 0 radical (unpaired) electrons. The van der Waals surface area contributed by atoms with E-state index < -0.39 is 0 Å². The molecule has 1 atom stereocenters. The third kappa shape index (κ3) is 3.32. The van der Waals surface area contributed by atoms with Gasteiger partial charge in [0.2, 0.25) is 0 Å². The van der Waals surface area contributed by atoms with Gasteiger partial charge in [-0.05, 0) is 44.4 Å². The molecule has 4 rings (SSSR count). The Morgan fingerprint density at radius 2 is 1.92 bits per heavy atom. The van der Waals surface area contributed by atoms with Crippen LogP contribution in [-0.4, -0.2) is 38.6 Å². The Balaban J connectivity index is 1.70. The van der Waals surface area contributed by atoms with Crippen molar-refractivity contribution in [2.45, 2.75) is 38.3 Å². The van der Waals surface area contributed by atoms with Crippen molar-refractivity contribution in [1.29, 1.82) is 0 Å². The van der Waals surface area contributed by atoms with E-state index in [0.29, 0.717) is 6.04 Å². The van der Waals surface area contributed by atoms with E-state index in [-0.39, 0.29) is 6.61 Å². The molecule has 25 heavy (non-hydrogen) atoms. The number of aliphatic hydroxyl groups excluding tert-OH is 1. The van der Waals surface area contributed by atoms with Gasteiger partial charge in [0.05, 0.1) is 11.4 Å². The first-order chi connectivity index (χ1) is 12.4. The van der Waals surface area contributed by atoms with Crippen molar-refractivity contribution < 1.29 is 5.11 Å². The molecule has 1 unspecified atom stereocenters. The minimum atomic E-state index is 0.287. The Labute approximate surface area is 148 Å². The lowest BCUT2D eigenvalue weighted by molar-refractivity contribution is 0.208. The highest BCUT2D eigenvalue weighted by atomic mass is 16.2. The van der Waals surface area contributed by atoms with Crippen LogP contribution in [-0.2, 0) is 6.54 Å². The molecule has 0 amide bonds. The average Bonchev–Trinajstić information content (AvgIpc) is 3.26. The van der Waals surface area contributed by atoms with E-state index in [2.05, 4.69) is 51.9 Å². The smallest absolute Gasteiger partial charge is 0.137 e. The van der Waals surface area contributed by atoms with Gasteiger partial charge < -0.3 is 9.51 Å². The second-order valence-corrected chi connectivity index (χ2v) is 6.83. The summed E-state index contributed by atoms with van der Waals surface area (Å²) in [4.78, 5) is 7.48. The molecule has 130 valence electrons. The molecule has 3 aromatic rings. The molecule has 4 nitrogen and oxygen atoms in total. The zero-order valence-corrected chi connectivity index (χ0v) is 14.5. The number of hydrogen-bond donors (Lipinski definition) is 1. The SMILES string of the molecule is OCCCC1CCCN1Cc1c(-c2ccccc2)nc2ccccn12.